The third-order valence-electron chi connectivity index (χ3n) is 6.02. The maximum Gasteiger partial charge on any atom is 0.0494 e. The number of hydrogen-bond acceptors (Lipinski definition) is 2. The lowest BCUT2D eigenvalue weighted by molar-refractivity contribution is 0.0757. The second-order valence-electron chi connectivity index (χ2n) is 7.88. The molecule has 2 aliphatic carbocycles. The molecule has 0 bridgehead atoms. The van der Waals surface area contributed by atoms with Crippen molar-refractivity contribution in [3.8, 4) is 0 Å². The van der Waals surface area contributed by atoms with E-state index in [1.807, 2.05) is 7.11 Å². The van der Waals surface area contributed by atoms with Gasteiger partial charge in [-0.3, -0.25) is 0 Å². The fourth-order valence-electron chi connectivity index (χ4n) is 4.48. The summed E-state index contributed by atoms with van der Waals surface area (Å²) in [6.45, 7) is 5.15. The molecule has 0 amide bonds. The van der Waals surface area contributed by atoms with E-state index in [1.54, 1.807) is 0 Å². The van der Waals surface area contributed by atoms with Crippen molar-refractivity contribution in [1.29, 1.82) is 0 Å². The number of rotatable bonds is 9. The molecule has 0 atom stereocenters. The Hall–Kier alpha value is -0.0800. The van der Waals surface area contributed by atoms with Crippen LogP contribution in [0.4, 0.5) is 0 Å². The summed E-state index contributed by atoms with van der Waals surface area (Å²) in [4.78, 5) is 0. The average Bonchev–Trinajstić information content (AvgIpc) is 2.56. The van der Waals surface area contributed by atoms with Gasteiger partial charge in [-0.25, -0.2) is 0 Å². The van der Waals surface area contributed by atoms with Crippen LogP contribution < -0.4 is 0 Å². The van der Waals surface area contributed by atoms with E-state index in [0.717, 1.165) is 49.9 Å². The van der Waals surface area contributed by atoms with Crippen molar-refractivity contribution in [1.82, 2.24) is 0 Å². The van der Waals surface area contributed by atoms with E-state index in [2.05, 4.69) is 6.92 Å². The van der Waals surface area contributed by atoms with E-state index in [1.165, 1.54) is 64.2 Å². The Labute approximate surface area is 138 Å². The fraction of sp³-hybridized carbons (Fsp3) is 1.00. The van der Waals surface area contributed by atoms with Crippen molar-refractivity contribution in [3.63, 3.8) is 0 Å². The Balaban J connectivity index is 1.52. The molecule has 2 aliphatic rings. The molecule has 0 unspecified atom stereocenters. The minimum Gasteiger partial charge on any atom is -0.384 e. The molecule has 0 saturated heterocycles. The van der Waals surface area contributed by atoms with Crippen LogP contribution in [0.15, 0.2) is 0 Å². The maximum atomic E-state index is 5.73. The minimum atomic E-state index is 0.847. The number of methoxy groups -OCH3 is 1. The molecule has 2 fully saturated rings. The molecule has 2 nitrogen and oxygen atoms in total. The van der Waals surface area contributed by atoms with Gasteiger partial charge >= 0.3 is 0 Å². The third-order valence-corrected chi connectivity index (χ3v) is 6.02. The van der Waals surface area contributed by atoms with Gasteiger partial charge < -0.3 is 9.47 Å². The van der Waals surface area contributed by atoms with Gasteiger partial charge in [-0.05, 0) is 55.8 Å². The van der Waals surface area contributed by atoms with Crippen LogP contribution in [-0.4, -0.2) is 26.9 Å². The first-order valence-corrected chi connectivity index (χ1v) is 9.88. The largest absolute Gasteiger partial charge is 0.384 e. The van der Waals surface area contributed by atoms with Crippen molar-refractivity contribution >= 4 is 0 Å². The van der Waals surface area contributed by atoms with Crippen molar-refractivity contribution in [2.45, 2.75) is 77.6 Å². The van der Waals surface area contributed by atoms with Gasteiger partial charge in [0.15, 0.2) is 0 Å². The van der Waals surface area contributed by atoms with E-state index >= 15 is 0 Å². The van der Waals surface area contributed by atoms with Crippen LogP contribution in [0.2, 0.25) is 0 Å². The van der Waals surface area contributed by atoms with Crippen LogP contribution in [0.5, 0.6) is 0 Å². The van der Waals surface area contributed by atoms with Crippen molar-refractivity contribution in [3.05, 3.63) is 0 Å². The Bertz CT molecular complexity index is 263. The quantitative estimate of drug-likeness (QED) is 0.527. The first-order chi connectivity index (χ1) is 10.8. The number of hydrogen-bond donors (Lipinski definition) is 0. The fourth-order valence-corrected chi connectivity index (χ4v) is 4.48. The second kappa shape index (κ2) is 10.6. The van der Waals surface area contributed by atoms with Gasteiger partial charge in [0.25, 0.3) is 0 Å². The smallest absolute Gasteiger partial charge is 0.0494 e. The predicted molar refractivity (Wildman–Crippen MR) is 93.1 cm³/mol. The highest BCUT2D eigenvalue weighted by atomic mass is 16.5. The first kappa shape index (κ1) is 18.3. The van der Waals surface area contributed by atoms with E-state index in [4.69, 9.17) is 9.47 Å². The molecule has 0 aromatic heterocycles. The first-order valence-electron chi connectivity index (χ1n) is 9.88. The molecule has 0 spiro atoms. The summed E-state index contributed by atoms with van der Waals surface area (Å²) in [5, 5.41) is 0. The second-order valence-corrected chi connectivity index (χ2v) is 7.88. The van der Waals surface area contributed by atoms with Crippen molar-refractivity contribution in [2.24, 2.45) is 23.7 Å². The van der Waals surface area contributed by atoms with Crippen molar-refractivity contribution < 1.29 is 9.47 Å². The van der Waals surface area contributed by atoms with Crippen LogP contribution in [0.25, 0.3) is 0 Å². The summed E-state index contributed by atoms with van der Waals surface area (Å²) in [5.41, 5.74) is 0. The molecule has 2 heteroatoms. The van der Waals surface area contributed by atoms with Gasteiger partial charge in [-0.2, -0.15) is 0 Å². The standard InChI is InChI=1S/C20H38O2/c1-3-14-22-16-20-12-8-18(9-13-20)5-4-17-6-10-19(11-7-17)15-21-2/h17-20H,3-16H2,1-2H3. The van der Waals surface area contributed by atoms with Gasteiger partial charge in [0, 0.05) is 26.9 Å². The molecular formula is C20H38O2. The predicted octanol–water partition coefficient (Wildman–Crippen LogP) is 5.45. The maximum absolute atomic E-state index is 5.73. The molecule has 0 heterocycles. The van der Waals surface area contributed by atoms with E-state index < -0.39 is 0 Å². The van der Waals surface area contributed by atoms with Crippen LogP contribution >= 0.6 is 0 Å². The molecular weight excluding hydrogens is 272 g/mol. The Morgan fingerprint density at radius 2 is 1.14 bits per heavy atom. The van der Waals surface area contributed by atoms with Gasteiger partial charge in [0.1, 0.15) is 0 Å². The Kier molecular flexibility index (Phi) is 8.84. The average molecular weight is 311 g/mol. The lowest BCUT2D eigenvalue weighted by atomic mass is 9.76. The molecule has 22 heavy (non-hydrogen) atoms. The van der Waals surface area contributed by atoms with Gasteiger partial charge in [0.2, 0.25) is 0 Å². The zero-order chi connectivity index (χ0) is 15.6. The summed E-state index contributed by atoms with van der Waals surface area (Å²) in [7, 11) is 1.84. The Morgan fingerprint density at radius 1 is 0.682 bits per heavy atom. The van der Waals surface area contributed by atoms with Crippen LogP contribution in [-0.2, 0) is 9.47 Å². The molecule has 2 saturated carbocycles. The lowest BCUT2D eigenvalue weighted by Crippen LogP contribution is -2.21. The highest BCUT2D eigenvalue weighted by Gasteiger charge is 2.24. The van der Waals surface area contributed by atoms with Crippen LogP contribution in [0.1, 0.15) is 77.6 Å². The van der Waals surface area contributed by atoms with Gasteiger partial charge in [0.05, 0.1) is 0 Å². The normalized spacial score (nSPS) is 33.0. The molecule has 0 aromatic rings. The summed E-state index contributed by atoms with van der Waals surface area (Å²) in [6.07, 6.45) is 15.6. The highest BCUT2D eigenvalue weighted by Crippen LogP contribution is 2.36. The summed E-state index contributed by atoms with van der Waals surface area (Å²) in [5.74, 6) is 3.73. The van der Waals surface area contributed by atoms with Gasteiger partial charge in [-0.1, -0.05) is 45.4 Å². The molecule has 0 aliphatic heterocycles. The van der Waals surface area contributed by atoms with Crippen molar-refractivity contribution in [2.75, 3.05) is 26.9 Å². The van der Waals surface area contributed by atoms with E-state index in [0.29, 0.717) is 0 Å². The van der Waals surface area contributed by atoms with Crippen LogP contribution in [0.3, 0.4) is 0 Å². The highest BCUT2D eigenvalue weighted by molar-refractivity contribution is 4.76. The zero-order valence-electron chi connectivity index (χ0n) is 15.0. The molecule has 130 valence electrons. The van der Waals surface area contributed by atoms with Crippen LogP contribution in [0, 0.1) is 23.7 Å². The number of ether oxygens (including phenoxy) is 2. The topological polar surface area (TPSA) is 18.5 Å². The molecule has 0 radical (unpaired) electrons. The molecule has 2 rings (SSSR count). The zero-order valence-corrected chi connectivity index (χ0v) is 15.0. The summed E-state index contributed by atoms with van der Waals surface area (Å²) in [6, 6.07) is 0. The minimum absolute atomic E-state index is 0.847. The SMILES string of the molecule is CCCOCC1CCC(CCC2CCC(COC)CC2)CC1. The van der Waals surface area contributed by atoms with E-state index in [-0.39, 0.29) is 0 Å². The lowest BCUT2D eigenvalue weighted by Gasteiger charge is -2.31. The monoisotopic (exact) mass is 310 g/mol. The molecule has 0 aromatic carbocycles. The van der Waals surface area contributed by atoms with Gasteiger partial charge in [-0.15, -0.1) is 0 Å². The Morgan fingerprint density at radius 3 is 1.59 bits per heavy atom. The summed E-state index contributed by atoms with van der Waals surface area (Å²) >= 11 is 0. The third kappa shape index (κ3) is 6.58. The summed E-state index contributed by atoms with van der Waals surface area (Å²) < 4.78 is 11.0. The van der Waals surface area contributed by atoms with E-state index in [9.17, 15) is 0 Å². The molecule has 0 N–H and O–H groups in total.